The van der Waals surface area contributed by atoms with Gasteiger partial charge in [-0.25, -0.2) is 0 Å². The molecule has 1 aromatic rings. The van der Waals surface area contributed by atoms with Crippen molar-refractivity contribution in [3.8, 4) is 0 Å². The number of hydrogen-bond donors (Lipinski definition) is 0. The highest BCUT2D eigenvalue weighted by Gasteiger charge is 2.07. The van der Waals surface area contributed by atoms with E-state index < -0.39 is 13.7 Å². The topological polar surface area (TPSA) is 0 Å². The van der Waals surface area contributed by atoms with Gasteiger partial charge in [0.25, 0.3) is 0 Å². The molecule has 0 heterocycles. The molecule has 0 saturated carbocycles. The Labute approximate surface area is 84.1 Å². The lowest BCUT2D eigenvalue weighted by atomic mass is 9.90. The van der Waals surface area contributed by atoms with Gasteiger partial charge in [0.05, 0.1) is 0 Å². The van der Waals surface area contributed by atoms with Crippen molar-refractivity contribution in [1.82, 2.24) is 0 Å². The molecule has 0 nitrogen and oxygen atoms in total. The van der Waals surface area contributed by atoms with E-state index in [-0.39, 0.29) is 11.1 Å². The van der Waals surface area contributed by atoms with Gasteiger partial charge in [0.2, 0.25) is 0 Å². The maximum atomic E-state index is 7.57. The fourth-order valence-electron chi connectivity index (χ4n) is 1.31. The summed E-state index contributed by atoms with van der Waals surface area (Å²) in [5, 5.41) is 0. The van der Waals surface area contributed by atoms with Crippen LogP contribution in [0.3, 0.4) is 0 Å². The maximum absolute atomic E-state index is 7.57. The quantitative estimate of drug-likeness (QED) is 0.556. The molecule has 12 heavy (non-hydrogen) atoms. The van der Waals surface area contributed by atoms with E-state index in [1.54, 1.807) is 27.7 Å². The molecule has 0 aliphatic carbocycles. The largest absolute Gasteiger partial charge is 0.0447 e. The summed E-state index contributed by atoms with van der Waals surface area (Å²) in [5.74, 6) is 0. The zero-order valence-electron chi connectivity index (χ0n) is 14.0. The summed E-state index contributed by atoms with van der Waals surface area (Å²) in [5.41, 5.74) is 2.80. The Morgan fingerprint density at radius 2 is 0.833 bits per heavy atom. The summed E-state index contributed by atoms with van der Waals surface area (Å²) < 4.78 is 45.4. The first kappa shape index (κ1) is 3.95. The van der Waals surface area contributed by atoms with Crippen LogP contribution in [0.15, 0.2) is 0 Å². The molecule has 0 N–H and O–H groups in total. The van der Waals surface area contributed by atoms with Crippen LogP contribution in [0.5, 0.6) is 0 Å². The van der Waals surface area contributed by atoms with E-state index in [9.17, 15) is 0 Å². The molecule has 0 spiro atoms. The highest BCUT2D eigenvalue weighted by atomic mass is 14.1. The van der Waals surface area contributed by atoms with Crippen LogP contribution in [0.25, 0.3) is 0 Å². The SMILES string of the molecule is [2H]C([2H])([2H])c1c(C)c(C)c(C([2H])([2H])[2H])c(C)c1C. The average molecular weight is 168 g/mol. The molecular formula is C12H18. The van der Waals surface area contributed by atoms with Crippen molar-refractivity contribution in [1.29, 1.82) is 0 Å². The second-order valence-electron chi connectivity index (χ2n) is 3.25. The Bertz CT molecular complexity index is 405. The van der Waals surface area contributed by atoms with Gasteiger partial charge in [0.1, 0.15) is 0 Å². The van der Waals surface area contributed by atoms with Gasteiger partial charge < -0.3 is 0 Å². The van der Waals surface area contributed by atoms with Crippen molar-refractivity contribution in [2.45, 2.75) is 41.4 Å². The minimum absolute atomic E-state index is 0.283. The van der Waals surface area contributed by atoms with Gasteiger partial charge in [-0.3, -0.25) is 0 Å². The molecule has 0 atom stereocenters. The first-order valence-corrected chi connectivity index (χ1v) is 4.00. The standard InChI is InChI=1S/C12H18/c1-7-8(2)10(4)12(6)11(5)9(7)3/h1-6H3/i1D3,6D3. The summed E-state index contributed by atoms with van der Waals surface area (Å²) in [6.45, 7) is 2.29. The van der Waals surface area contributed by atoms with E-state index in [2.05, 4.69) is 0 Å². The van der Waals surface area contributed by atoms with Crippen LogP contribution in [0.1, 0.15) is 41.6 Å². The molecule has 0 heteroatoms. The zero-order chi connectivity index (χ0) is 14.5. The van der Waals surface area contributed by atoms with Crippen molar-refractivity contribution < 1.29 is 8.22 Å². The lowest BCUT2D eigenvalue weighted by molar-refractivity contribution is 1.13. The van der Waals surface area contributed by atoms with E-state index in [1.165, 1.54) is 0 Å². The molecule has 0 saturated heterocycles. The van der Waals surface area contributed by atoms with Crippen molar-refractivity contribution in [3.63, 3.8) is 0 Å². The summed E-state index contributed by atoms with van der Waals surface area (Å²) in [4.78, 5) is 0. The van der Waals surface area contributed by atoms with Crippen molar-refractivity contribution >= 4 is 0 Å². The van der Waals surface area contributed by atoms with Gasteiger partial charge in [-0.2, -0.15) is 0 Å². The Morgan fingerprint density at radius 3 is 1.00 bits per heavy atom. The van der Waals surface area contributed by atoms with Crippen LogP contribution in [0.2, 0.25) is 0 Å². The second kappa shape index (κ2) is 2.93. The first-order valence-electron chi connectivity index (χ1n) is 7.00. The van der Waals surface area contributed by atoms with Crippen molar-refractivity contribution in [3.05, 3.63) is 33.4 Å². The van der Waals surface area contributed by atoms with Crippen LogP contribution in [0.4, 0.5) is 0 Å². The van der Waals surface area contributed by atoms with Crippen LogP contribution in [0, 0.1) is 41.4 Å². The third-order valence-electron chi connectivity index (χ3n) is 2.62. The van der Waals surface area contributed by atoms with Gasteiger partial charge in [-0.05, 0) is 74.8 Å². The summed E-state index contributed by atoms with van der Waals surface area (Å²) in [6, 6.07) is 0. The lowest BCUT2D eigenvalue weighted by Crippen LogP contribution is -1.98. The minimum Gasteiger partial charge on any atom is -0.0447 e. The monoisotopic (exact) mass is 168 g/mol. The Hall–Kier alpha value is -0.780. The third-order valence-corrected chi connectivity index (χ3v) is 2.62. The molecule has 0 radical (unpaired) electrons. The van der Waals surface area contributed by atoms with Crippen LogP contribution >= 0.6 is 0 Å². The Balaban J connectivity index is 3.79. The second-order valence-corrected chi connectivity index (χ2v) is 3.25. The lowest BCUT2D eigenvalue weighted by Gasteiger charge is -2.15. The molecule has 0 bridgehead atoms. The number of benzene rings is 1. The van der Waals surface area contributed by atoms with Gasteiger partial charge in [-0.15, -0.1) is 0 Å². The molecule has 1 rings (SSSR count). The fourth-order valence-corrected chi connectivity index (χ4v) is 1.31. The highest BCUT2D eigenvalue weighted by Crippen LogP contribution is 2.24. The average Bonchev–Trinajstić information content (AvgIpc) is 2.10. The van der Waals surface area contributed by atoms with Crippen LogP contribution in [-0.4, -0.2) is 0 Å². The summed E-state index contributed by atoms with van der Waals surface area (Å²) in [7, 11) is 0. The van der Waals surface area contributed by atoms with Gasteiger partial charge in [0, 0.05) is 8.22 Å². The van der Waals surface area contributed by atoms with Crippen molar-refractivity contribution in [2.75, 3.05) is 0 Å². The number of hydrogen-bond acceptors (Lipinski definition) is 0. The molecule has 66 valence electrons. The maximum Gasteiger partial charge on any atom is 0.0280 e. The fraction of sp³-hybridized carbons (Fsp3) is 0.500. The molecular weight excluding hydrogens is 144 g/mol. The van der Waals surface area contributed by atoms with Gasteiger partial charge >= 0.3 is 0 Å². The van der Waals surface area contributed by atoms with Gasteiger partial charge in [-0.1, -0.05) is 0 Å². The molecule has 0 amide bonds. The Morgan fingerprint density at radius 1 is 0.583 bits per heavy atom. The predicted molar refractivity (Wildman–Crippen MR) is 54.9 cm³/mol. The van der Waals surface area contributed by atoms with E-state index in [0.29, 0.717) is 22.3 Å². The predicted octanol–water partition coefficient (Wildman–Crippen LogP) is 3.54. The zero-order valence-corrected chi connectivity index (χ0v) is 8.00. The smallest absolute Gasteiger partial charge is 0.0280 e. The van der Waals surface area contributed by atoms with E-state index in [4.69, 9.17) is 8.22 Å². The third kappa shape index (κ3) is 1.16. The molecule has 0 aliphatic heterocycles. The first-order chi connectivity index (χ1) is 7.89. The van der Waals surface area contributed by atoms with E-state index in [0.717, 1.165) is 0 Å². The number of rotatable bonds is 0. The minimum atomic E-state index is -2.21. The van der Waals surface area contributed by atoms with Crippen molar-refractivity contribution in [2.24, 2.45) is 0 Å². The molecule has 0 unspecified atom stereocenters. The molecule has 0 aromatic heterocycles. The Kier molecular flexibility index (Phi) is 0.965. The van der Waals surface area contributed by atoms with Crippen LogP contribution < -0.4 is 0 Å². The molecule has 1 aromatic carbocycles. The van der Waals surface area contributed by atoms with Gasteiger partial charge in [0.15, 0.2) is 0 Å². The normalized spacial score (nSPS) is 20.0. The van der Waals surface area contributed by atoms with Crippen LogP contribution in [-0.2, 0) is 0 Å². The highest BCUT2D eigenvalue weighted by molar-refractivity contribution is 5.48. The molecule has 0 aliphatic rings. The molecule has 0 fully saturated rings. The summed E-state index contributed by atoms with van der Waals surface area (Å²) in [6.07, 6.45) is 0. The van der Waals surface area contributed by atoms with E-state index in [1.807, 2.05) is 0 Å². The van der Waals surface area contributed by atoms with E-state index >= 15 is 0 Å². The summed E-state index contributed by atoms with van der Waals surface area (Å²) >= 11 is 0.